The molecule has 0 radical (unpaired) electrons. The summed E-state index contributed by atoms with van der Waals surface area (Å²) in [5.74, 6) is 2.54. The van der Waals surface area contributed by atoms with E-state index in [1.807, 2.05) is 0 Å². The molecule has 1 saturated carbocycles. The van der Waals surface area contributed by atoms with Crippen LogP contribution in [0.1, 0.15) is 65.7 Å². The molecule has 21 heavy (non-hydrogen) atoms. The van der Waals surface area contributed by atoms with Crippen LogP contribution in [0.5, 0.6) is 0 Å². The quantitative estimate of drug-likeness (QED) is 0.573. The molecule has 0 bridgehead atoms. The second-order valence-corrected chi connectivity index (χ2v) is 7.40. The number of hydrogen-bond acceptors (Lipinski definition) is 3. The molecule has 0 aromatic heterocycles. The Morgan fingerprint density at radius 2 is 2.10 bits per heavy atom. The predicted molar refractivity (Wildman–Crippen MR) is 89.5 cm³/mol. The van der Waals surface area contributed by atoms with Crippen LogP contribution in [-0.4, -0.2) is 37.5 Å². The summed E-state index contributed by atoms with van der Waals surface area (Å²) in [7, 11) is 0. The van der Waals surface area contributed by atoms with Crippen molar-refractivity contribution in [3.05, 3.63) is 0 Å². The van der Waals surface area contributed by atoms with Crippen LogP contribution in [-0.2, 0) is 4.74 Å². The fourth-order valence-corrected chi connectivity index (χ4v) is 3.27. The minimum Gasteiger partial charge on any atom is -0.389 e. The topological polar surface area (TPSA) is 41.5 Å². The van der Waals surface area contributed by atoms with Crippen molar-refractivity contribution in [2.75, 3.05) is 26.3 Å². The Morgan fingerprint density at radius 3 is 2.81 bits per heavy atom. The zero-order chi connectivity index (χ0) is 15.5. The lowest BCUT2D eigenvalue weighted by molar-refractivity contribution is 0.0346. The number of nitrogens with one attached hydrogen (secondary N) is 1. The second kappa shape index (κ2) is 11.4. The Hall–Kier alpha value is -0.120. The van der Waals surface area contributed by atoms with Crippen LogP contribution >= 0.6 is 0 Å². The fourth-order valence-electron chi connectivity index (χ4n) is 3.27. The van der Waals surface area contributed by atoms with Crippen LogP contribution < -0.4 is 5.32 Å². The van der Waals surface area contributed by atoms with Crippen LogP contribution in [0.4, 0.5) is 0 Å². The molecule has 3 atom stereocenters. The van der Waals surface area contributed by atoms with Crippen LogP contribution in [0.2, 0.25) is 0 Å². The van der Waals surface area contributed by atoms with Crippen molar-refractivity contribution in [2.45, 2.75) is 71.8 Å². The van der Waals surface area contributed by atoms with Gasteiger partial charge in [-0.3, -0.25) is 0 Å². The van der Waals surface area contributed by atoms with Crippen molar-refractivity contribution >= 4 is 0 Å². The summed E-state index contributed by atoms with van der Waals surface area (Å²) < 4.78 is 5.52. The van der Waals surface area contributed by atoms with Gasteiger partial charge in [0.1, 0.15) is 0 Å². The molecule has 0 aromatic rings. The second-order valence-electron chi connectivity index (χ2n) is 7.40. The molecule has 3 unspecified atom stereocenters. The maximum atomic E-state index is 9.85. The lowest BCUT2D eigenvalue weighted by Gasteiger charge is -2.26. The van der Waals surface area contributed by atoms with Gasteiger partial charge in [-0.15, -0.1) is 0 Å². The lowest BCUT2D eigenvalue weighted by Crippen LogP contribution is -2.32. The Balaban J connectivity index is 1.90. The van der Waals surface area contributed by atoms with Gasteiger partial charge in [0, 0.05) is 13.2 Å². The minimum atomic E-state index is -0.366. The third kappa shape index (κ3) is 10.3. The summed E-state index contributed by atoms with van der Waals surface area (Å²) in [6, 6.07) is 0. The minimum absolute atomic E-state index is 0.366. The van der Waals surface area contributed by atoms with Gasteiger partial charge >= 0.3 is 0 Å². The van der Waals surface area contributed by atoms with Gasteiger partial charge in [-0.05, 0) is 50.0 Å². The number of aliphatic hydroxyl groups excluding tert-OH is 1. The molecular weight excluding hydrogens is 262 g/mol. The molecule has 0 saturated heterocycles. The number of aliphatic hydroxyl groups is 1. The first-order chi connectivity index (χ1) is 10.1. The Morgan fingerprint density at radius 1 is 1.29 bits per heavy atom. The molecule has 0 aromatic carbocycles. The van der Waals surface area contributed by atoms with E-state index < -0.39 is 0 Å². The Labute approximate surface area is 131 Å². The lowest BCUT2D eigenvalue weighted by atomic mass is 9.81. The summed E-state index contributed by atoms with van der Waals surface area (Å²) >= 11 is 0. The molecule has 0 amide bonds. The van der Waals surface area contributed by atoms with E-state index in [4.69, 9.17) is 4.74 Å². The average molecular weight is 299 g/mol. The van der Waals surface area contributed by atoms with Crippen LogP contribution in [0.15, 0.2) is 0 Å². The van der Waals surface area contributed by atoms with E-state index in [2.05, 4.69) is 26.1 Å². The Kier molecular flexibility index (Phi) is 10.3. The highest BCUT2D eigenvalue weighted by Gasteiger charge is 2.18. The molecule has 0 heterocycles. The van der Waals surface area contributed by atoms with Crippen molar-refractivity contribution in [1.82, 2.24) is 5.32 Å². The first kappa shape index (κ1) is 18.9. The normalized spacial score (nSPS) is 24.4. The molecule has 1 fully saturated rings. The molecule has 1 aliphatic rings. The van der Waals surface area contributed by atoms with Crippen LogP contribution in [0, 0.1) is 17.8 Å². The highest BCUT2D eigenvalue weighted by Crippen LogP contribution is 2.30. The first-order valence-electron chi connectivity index (χ1n) is 9.04. The van der Waals surface area contributed by atoms with Gasteiger partial charge in [0.05, 0.1) is 12.7 Å². The molecule has 0 aliphatic heterocycles. The Bertz CT molecular complexity index is 245. The predicted octanol–water partition coefficient (Wildman–Crippen LogP) is 3.61. The van der Waals surface area contributed by atoms with Crippen molar-refractivity contribution in [3.63, 3.8) is 0 Å². The SMILES string of the molecule is CC(C)CCCOCC(O)CNCCC1CCCC(C)C1. The zero-order valence-electron chi connectivity index (χ0n) is 14.4. The highest BCUT2D eigenvalue weighted by atomic mass is 16.5. The van der Waals surface area contributed by atoms with Crippen LogP contribution in [0.25, 0.3) is 0 Å². The van der Waals surface area contributed by atoms with E-state index in [1.165, 1.54) is 38.5 Å². The summed E-state index contributed by atoms with van der Waals surface area (Å²) in [6.45, 7) is 9.76. The third-order valence-corrected chi connectivity index (χ3v) is 4.53. The van der Waals surface area contributed by atoms with Crippen molar-refractivity contribution in [3.8, 4) is 0 Å². The number of rotatable bonds is 11. The van der Waals surface area contributed by atoms with Crippen molar-refractivity contribution in [2.24, 2.45) is 17.8 Å². The molecule has 0 spiro atoms. The molecule has 126 valence electrons. The van der Waals surface area contributed by atoms with Gasteiger partial charge in [-0.1, -0.05) is 40.0 Å². The van der Waals surface area contributed by atoms with Gasteiger partial charge < -0.3 is 15.2 Å². The van der Waals surface area contributed by atoms with Gasteiger partial charge in [0.15, 0.2) is 0 Å². The fraction of sp³-hybridized carbons (Fsp3) is 1.00. The summed E-state index contributed by atoms with van der Waals surface area (Å²) in [5, 5.41) is 13.2. The van der Waals surface area contributed by atoms with E-state index in [-0.39, 0.29) is 6.10 Å². The van der Waals surface area contributed by atoms with E-state index >= 15 is 0 Å². The highest BCUT2D eigenvalue weighted by molar-refractivity contribution is 4.71. The standard InChI is InChI=1S/C18H37NO2/c1-15(2)6-5-11-21-14-18(20)13-19-10-9-17-8-4-7-16(3)12-17/h15-20H,4-14H2,1-3H3. The van der Waals surface area contributed by atoms with E-state index in [9.17, 15) is 5.11 Å². The number of ether oxygens (including phenoxy) is 1. The van der Waals surface area contributed by atoms with Gasteiger partial charge in [-0.25, -0.2) is 0 Å². The monoisotopic (exact) mass is 299 g/mol. The van der Waals surface area contributed by atoms with Gasteiger partial charge in [-0.2, -0.15) is 0 Å². The zero-order valence-corrected chi connectivity index (χ0v) is 14.4. The molecule has 3 heteroatoms. The van der Waals surface area contributed by atoms with E-state index in [0.29, 0.717) is 13.2 Å². The third-order valence-electron chi connectivity index (χ3n) is 4.53. The van der Waals surface area contributed by atoms with Crippen molar-refractivity contribution < 1.29 is 9.84 Å². The number of hydrogen-bond donors (Lipinski definition) is 2. The maximum absolute atomic E-state index is 9.85. The summed E-state index contributed by atoms with van der Waals surface area (Å²) in [6.07, 6.45) is 8.79. The van der Waals surface area contributed by atoms with E-state index in [1.54, 1.807) is 0 Å². The average Bonchev–Trinajstić information content (AvgIpc) is 2.43. The van der Waals surface area contributed by atoms with E-state index in [0.717, 1.165) is 37.3 Å². The summed E-state index contributed by atoms with van der Waals surface area (Å²) in [5.41, 5.74) is 0. The molecule has 1 rings (SSSR count). The molecule has 1 aliphatic carbocycles. The van der Waals surface area contributed by atoms with Crippen LogP contribution in [0.3, 0.4) is 0 Å². The largest absolute Gasteiger partial charge is 0.389 e. The maximum Gasteiger partial charge on any atom is 0.0897 e. The van der Waals surface area contributed by atoms with Crippen molar-refractivity contribution in [1.29, 1.82) is 0 Å². The molecule has 2 N–H and O–H groups in total. The summed E-state index contributed by atoms with van der Waals surface area (Å²) in [4.78, 5) is 0. The molecule has 3 nitrogen and oxygen atoms in total. The smallest absolute Gasteiger partial charge is 0.0897 e. The molecular formula is C18H37NO2. The van der Waals surface area contributed by atoms with Gasteiger partial charge in [0.25, 0.3) is 0 Å². The first-order valence-corrected chi connectivity index (χ1v) is 9.04. The van der Waals surface area contributed by atoms with Gasteiger partial charge in [0.2, 0.25) is 0 Å².